The number of aromatic nitrogens is 1. The van der Waals surface area contributed by atoms with Crippen LogP contribution in [0.25, 0.3) is 10.2 Å². The molecule has 1 N–H and O–H groups in total. The van der Waals surface area contributed by atoms with Crippen LogP contribution in [0.1, 0.15) is 12.8 Å². The van der Waals surface area contributed by atoms with Gasteiger partial charge in [0.05, 0.1) is 10.2 Å². The highest BCUT2D eigenvalue weighted by Gasteiger charge is 2.22. The van der Waals surface area contributed by atoms with Crippen LogP contribution < -0.4 is 10.2 Å². The van der Waals surface area contributed by atoms with Gasteiger partial charge in [-0.05, 0) is 36.4 Å². The molecular weight excluding hydrogens is 391 g/mol. The van der Waals surface area contributed by atoms with Crippen molar-refractivity contribution >= 4 is 44.2 Å². The van der Waals surface area contributed by atoms with Gasteiger partial charge in [-0.1, -0.05) is 23.5 Å². The molecule has 1 aromatic heterocycles. The molecule has 2 aromatic carbocycles. The Labute approximate surface area is 172 Å². The number of nitrogens with zero attached hydrogens (tertiary/aromatic N) is 3. The lowest BCUT2D eigenvalue weighted by atomic mass is 10.2. The van der Waals surface area contributed by atoms with Gasteiger partial charge < -0.3 is 15.1 Å². The van der Waals surface area contributed by atoms with Gasteiger partial charge in [0.1, 0.15) is 5.82 Å². The summed E-state index contributed by atoms with van der Waals surface area (Å²) in [6.45, 7) is 2.57. The number of para-hydroxylation sites is 1. The molecule has 2 amide bonds. The van der Waals surface area contributed by atoms with E-state index in [-0.39, 0.29) is 30.5 Å². The minimum absolute atomic E-state index is 0.0248. The van der Waals surface area contributed by atoms with E-state index in [2.05, 4.69) is 15.2 Å². The number of amides is 2. The number of carbonyl (C=O) groups excluding carboxylic acids is 2. The van der Waals surface area contributed by atoms with E-state index < -0.39 is 0 Å². The summed E-state index contributed by atoms with van der Waals surface area (Å²) < 4.78 is 14.1. The van der Waals surface area contributed by atoms with Crippen LogP contribution in [0.3, 0.4) is 0 Å². The molecule has 0 atom stereocenters. The van der Waals surface area contributed by atoms with Gasteiger partial charge in [-0.3, -0.25) is 9.59 Å². The highest BCUT2D eigenvalue weighted by molar-refractivity contribution is 7.22. The van der Waals surface area contributed by atoms with Crippen molar-refractivity contribution < 1.29 is 14.0 Å². The molecule has 3 aromatic rings. The number of thiazole rings is 1. The second kappa shape index (κ2) is 8.57. The summed E-state index contributed by atoms with van der Waals surface area (Å²) >= 11 is 1.42. The van der Waals surface area contributed by atoms with E-state index >= 15 is 0 Å². The minimum Gasteiger partial charge on any atom is -0.368 e. The second-order valence-corrected chi connectivity index (χ2v) is 7.91. The number of carbonyl (C=O) groups is 2. The maximum atomic E-state index is 13.1. The summed E-state index contributed by atoms with van der Waals surface area (Å²) in [7, 11) is 0. The summed E-state index contributed by atoms with van der Waals surface area (Å²) in [4.78, 5) is 32.9. The van der Waals surface area contributed by atoms with Crippen LogP contribution in [-0.4, -0.2) is 47.9 Å². The molecule has 1 saturated heterocycles. The van der Waals surface area contributed by atoms with Crippen molar-refractivity contribution in [3.05, 3.63) is 54.3 Å². The van der Waals surface area contributed by atoms with Crippen LogP contribution in [0.15, 0.2) is 48.5 Å². The predicted octanol–water partition coefficient (Wildman–Crippen LogP) is 3.50. The zero-order chi connectivity index (χ0) is 20.2. The summed E-state index contributed by atoms with van der Waals surface area (Å²) in [5, 5.41) is 3.33. The Bertz CT molecular complexity index is 980. The number of hydrogen-bond donors (Lipinski definition) is 1. The van der Waals surface area contributed by atoms with Crippen LogP contribution in [0.2, 0.25) is 0 Å². The first-order chi connectivity index (χ1) is 14.1. The third kappa shape index (κ3) is 4.71. The molecule has 0 unspecified atom stereocenters. The Balaban J connectivity index is 1.23. The van der Waals surface area contributed by atoms with Gasteiger partial charge in [0.15, 0.2) is 5.13 Å². The van der Waals surface area contributed by atoms with Crippen LogP contribution >= 0.6 is 11.3 Å². The third-order valence-electron chi connectivity index (χ3n) is 4.93. The first-order valence-corrected chi connectivity index (χ1v) is 10.3. The van der Waals surface area contributed by atoms with Gasteiger partial charge in [-0.25, -0.2) is 9.37 Å². The van der Waals surface area contributed by atoms with Crippen LogP contribution in [-0.2, 0) is 9.59 Å². The van der Waals surface area contributed by atoms with Crippen molar-refractivity contribution in [2.45, 2.75) is 12.8 Å². The normalized spacial score (nSPS) is 14.2. The van der Waals surface area contributed by atoms with E-state index in [1.165, 1.54) is 23.5 Å². The summed E-state index contributed by atoms with van der Waals surface area (Å²) in [6, 6.07) is 14.1. The third-order valence-corrected chi connectivity index (χ3v) is 5.88. The lowest BCUT2D eigenvalue weighted by molar-refractivity contribution is -0.133. The Hall–Kier alpha value is -3.00. The van der Waals surface area contributed by atoms with Gasteiger partial charge in [-0.15, -0.1) is 0 Å². The molecule has 1 aliphatic rings. The topological polar surface area (TPSA) is 65.5 Å². The van der Waals surface area contributed by atoms with E-state index in [0.29, 0.717) is 31.3 Å². The molecule has 4 rings (SSSR count). The first kappa shape index (κ1) is 19.3. The fourth-order valence-corrected chi connectivity index (χ4v) is 4.23. The number of benzene rings is 2. The zero-order valence-corrected chi connectivity index (χ0v) is 16.6. The Morgan fingerprint density at radius 1 is 1.00 bits per heavy atom. The number of hydrogen-bond acceptors (Lipinski definition) is 5. The molecule has 0 bridgehead atoms. The standard InChI is InChI=1S/C21H21FN4O2S/c22-15-5-7-16(8-6-15)25-11-13-26(14-12-25)20(28)10-9-19(27)24-21-23-17-3-1-2-4-18(17)29-21/h1-8H,9-14H2,(H,23,24,27). The maximum absolute atomic E-state index is 13.1. The molecule has 8 heteroatoms. The second-order valence-electron chi connectivity index (χ2n) is 6.88. The van der Waals surface area contributed by atoms with Crippen molar-refractivity contribution in [1.29, 1.82) is 0 Å². The number of fused-ring (bicyclic) bond motifs is 1. The summed E-state index contributed by atoms with van der Waals surface area (Å²) in [5.74, 6) is -0.489. The average molecular weight is 412 g/mol. The largest absolute Gasteiger partial charge is 0.368 e. The summed E-state index contributed by atoms with van der Waals surface area (Å²) in [6.07, 6.45) is 0.306. The lowest BCUT2D eigenvalue weighted by Gasteiger charge is -2.36. The molecule has 2 heterocycles. The number of rotatable bonds is 5. The molecule has 1 aliphatic heterocycles. The average Bonchev–Trinajstić information content (AvgIpc) is 3.15. The van der Waals surface area contributed by atoms with Crippen molar-refractivity contribution in [2.24, 2.45) is 0 Å². The van der Waals surface area contributed by atoms with Gasteiger partial charge in [0, 0.05) is 44.7 Å². The lowest BCUT2D eigenvalue weighted by Crippen LogP contribution is -2.48. The van der Waals surface area contributed by atoms with Crippen LogP contribution in [0, 0.1) is 5.82 Å². The highest BCUT2D eigenvalue weighted by atomic mass is 32.1. The molecule has 0 radical (unpaired) electrons. The van der Waals surface area contributed by atoms with Gasteiger partial charge in [-0.2, -0.15) is 0 Å². The zero-order valence-electron chi connectivity index (χ0n) is 15.8. The van der Waals surface area contributed by atoms with E-state index in [1.54, 1.807) is 17.0 Å². The van der Waals surface area contributed by atoms with Crippen molar-refractivity contribution in [1.82, 2.24) is 9.88 Å². The Morgan fingerprint density at radius 3 is 2.45 bits per heavy atom. The molecular formula is C21H21FN4O2S. The number of piperazine rings is 1. The molecule has 0 spiro atoms. The van der Waals surface area contributed by atoms with Crippen molar-refractivity contribution in [2.75, 3.05) is 36.4 Å². The van der Waals surface area contributed by atoms with E-state index in [4.69, 9.17) is 0 Å². The number of halogens is 1. The highest BCUT2D eigenvalue weighted by Crippen LogP contribution is 2.25. The summed E-state index contributed by atoms with van der Waals surface area (Å²) in [5.41, 5.74) is 1.80. The monoisotopic (exact) mass is 412 g/mol. The molecule has 1 fully saturated rings. The molecule has 0 saturated carbocycles. The smallest absolute Gasteiger partial charge is 0.226 e. The van der Waals surface area contributed by atoms with E-state index in [9.17, 15) is 14.0 Å². The van der Waals surface area contributed by atoms with Crippen molar-refractivity contribution in [3.8, 4) is 0 Å². The number of anilines is 2. The van der Waals surface area contributed by atoms with Crippen molar-refractivity contribution in [3.63, 3.8) is 0 Å². The van der Waals surface area contributed by atoms with Gasteiger partial charge in [0.25, 0.3) is 0 Å². The van der Waals surface area contributed by atoms with E-state index in [0.717, 1.165) is 15.9 Å². The number of nitrogens with one attached hydrogen (secondary N) is 1. The maximum Gasteiger partial charge on any atom is 0.226 e. The fraction of sp³-hybridized carbons (Fsp3) is 0.286. The predicted molar refractivity (Wildman–Crippen MR) is 113 cm³/mol. The van der Waals surface area contributed by atoms with Crippen LogP contribution in [0.4, 0.5) is 15.2 Å². The minimum atomic E-state index is -0.258. The SMILES string of the molecule is O=C(CCC(=O)N1CCN(c2ccc(F)cc2)CC1)Nc1nc2ccccc2s1. The molecule has 0 aliphatic carbocycles. The van der Waals surface area contributed by atoms with Gasteiger partial charge >= 0.3 is 0 Å². The molecule has 29 heavy (non-hydrogen) atoms. The van der Waals surface area contributed by atoms with E-state index in [1.807, 2.05) is 24.3 Å². The Kier molecular flexibility index (Phi) is 5.71. The van der Waals surface area contributed by atoms with Crippen LogP contribution in [0.5, 0.6) is 0 Å². The fourth-order valence-electron chi connectivity index (χ4n) is 3.35. The molecule has 6 nitrogen and oxygen atoms in total. The van der Waals surface area contributed by atoms with Gasteiger partial charge in [0.2, 0.25) is 11.8 Å². The molecule has 150 valence electrons. The quantitative estimate of drug-likeness (QED) is 0.697. The first-order valence-electron chi connectivity index (χ1n) is 9.52. The Morgan fingerprint density at radius 2 is 1.72 bits per heavy atom.